The Morgan fingerprint density at radius 2 is 1.73 bits per heavy atom. The lowest BCUT2D eigenvalue weighted by Gasteiger charge is -2.34. The van der Waals surface area contributed by atoms with E-state index < -0.39 is 6.03 Å². The van der Waals surface area contributed by atoms with Crippen molar-refractivity contribution in [2.45, 2.75) is 39.0 Å². The number of aliphatic hydroxyl groups excluding tert-OH is 1. The summed E-state index contributed by atoms with van der Waals surface area (Å²) in [6, 6.07) is 17.7. The first kappa shape index (κ1) is 31.0. The minimum Gasteiger partial charge on any atom is -0.497 e. The number of anilines is 2. The smallest absolute Gasteiger partial charge is 0.323 e. The molecule has 11 nitrogen and oxygen atoms in total. The zero-order valence-corrected chi connectivity index (χ0v) is 25.5. The minimum atomic E-state index is -0.443. The number of benzene rings is 3. The Kier molecular flexibility index (Phi) is 9.76. The van der Waals surface area contributed by atoms with Crippen LogP contribution < -0.4 is 29.6 Å². The molecule has 2 aliphatic heterocycles. The van der Waals surface area contributed by atoms with Crippen LogP contribution >= 0.6 is 0 Å². The van der Waals surface area contributed by atoms with Gasteiger partial charge < -0.3 is 39.6 Å². The summed E-state index contributed by atoms with van der Waals surface area (Å²) < 4.78 is 22.6. The standard InChI is InChI=1S/C33H40N4O7/c1-21-16-37(22(2)19-38)32(39)14-24-13-25(34-33(40)35-26-8-12-29-30(15-26)43-20-42-29)7-11-28(24)44-31(21)18-36(3)17-23-5-9-27(41-4)10-6-23/h5-13,15,21-22,31,38H,14,16-20H2,1-4H3,(H2,34,35,40)/t21-,22+,31+/m1/s1. The number of likely N-dealkylation sites (N-methyl/N-ethyl adjacent to an activating group) is 1. The lowest BCUT2D eigenvalue weighted by Crippen LogP contribution is -2.47. The maximum Gasteiger partial charge on any atom is 0.323 e. The van der Waals surface area contributed by atoms with Gasteiger partial charge in [0.2, 0.25) is 12.7 Å². The third-order valence-electron chi connectivity index (χ3n) is 7.91. The number of hydrogen-bond donors (Lipinski definition) is 3. The van der Waals surface area contributed by atoms with Crippen molar-refractivity contribution in [3.05, 3.63) is 71.8 Å². The number of ether oxygens (including phenoxy) is 4. The van der Waals surface area contributed by atoms with E-state index in [-0.39, 0.29) is 43.8 Å². The summed E-state index contributed by atoms with van der Waals surface area (Å²) in [6.45, 7) is 5.67. The molecule has 0 saturated heterocycles. The van der Waals surface area contributed by atoms with Crippen LogP contribution in [0.1, 0.15) is 25.0 Å². The van der Waals surface area contributed by atoms with Crippen molar-refractivity contribution in [1.29, 1.82) is 0 Å². The lowest BCUT2D eigenvalue weighted by molar-refractivity contribution is -0.134. The average Bonchev–Trinajstić information content (AvgIpc) is 3.49. The van der Waals surface area contributed by atoms with Crippen molar-refractivity contribution < 1.29 is 33.6 Å². The first-order valence-electron chi connectivity index (χ1n) is 14.7. The number of hydrogen-bond acceptors (Lipinski definition) is 8. The van der Waals surface area contributed by atoms with Gasteiger partial charge in [-0.15, -0.1) is 0 Å². The molecule has 3 amide bonds. The summed E-state index contributed by atoms with van der Waals surface area (Å²) in [5.74, 6) is 2.45. The van der Waals surface area contributed by atoms with Crippen LogP contribution in [0.5, 0.6) is 23.0 Å². The van der Waals surface area contributed by atoms with E-state index in [0.717, 1.165) is 11.3 Å². The number of methoxy groups -OCH3 is 1. The first-order chi connectivity index (χ1) is 21.2. The Morgan fingerprint density at radius 1 is 1.05 bits per heavy atom. The molecule has 0 unspecified atom stereocenters. The van der Waals surface area contributed by atoms with Crippen LogP contribution in [0, 0.1) is 5.92 Å². The number of rotatable bonds is 9. The van der Waals surface area contributed by atoms with Gasteiger partial charge in [-0.3, -0.25) is 9.69 Å². The van der Waals surface area contributed by atoms with Gasteiger partial charge in [0.15, 0.2) is 11.5 Å². The Labute approximate surface area is 257 Å². The number of urea groups is 1. The molecule has 0 fully saturated rings. The van der Waals surface area contributed by atoms with E-state index in [1.54, 1.807) is 48.4 Å². The second-order valence-electron chi connectivity index (χ2n) is 11.4. The van der Waals surface area contributed by atoms with Crippen LogP contribution in [0.15, 0.2) is 60.7 Å². The minimum absolute atomic E-state index is 0.0255. The molecule has 3 N–H and O–H groups in total. The lowest BCUT2D eigenvalue weighted by atomic mass is 10.0. The van der Waals surface area contributed by atoms with Crippen molar-refractivity contribution in [3.8, 4) is 23.0 Å². The number of fused-ring (bicyclic) bond motifs is 2. The van der Waals surface area contributed by atoms with Gasteiger partial charge in [-0.1, -0.05) is 19.1 Å². The Hall–Kier alpha value is -4.48. The number of carbonyl (C=O) groups is 2. The fourth-order valence-corrected chi connectivity index (χ4v) is 5.41. The van der Waals surface area contributed by atoms with Crippen molar-refractivity contribution in [2.24, 2.45) is 5.92 Å². The predicted molar refractivity (Wildman–Crippen MR) is 167 cm³/mol. The van der Waals surface area contributed by atoms with Gasteiger partial charge in [0.25, 0.3) is 0 Å². The molecule has 0 bridgehead atoms. The summed E-state index contributed by atoms with van der Waals surface area (Å²) in [5.41, 5.74) is 2.87. The molecule has 0 aliphatic carbocycles. The molecule has 3 aromatic carbocycles. The normalized spacial score (nSPS) is 18.4. The average molecular weight is 605 g/mol. The molecule has 0 saturated carbocycles. The molecule has 0 radical (unpaired) electrons. The molecule has 0 aromatic heterocycles. The Bertz CT molecular complexity index is 1460. The van der Waals surface area contributed by atoms with Gasteiger partial charge in [-0.25, -0.2) is 4.79 Å². The van der Waals surface area contributed by atoms with E-state index in [1.807, 2.05) is 38.2 Å². The summed E-state index contributed by atoms with van der Waals surface area (Å²) in [4.78, 5) is 30.3. The molecule has 44 heavy (non-hydrogen) atoms. The predicted octanol–water partition coefficient (Wildman–Crippen LogP) is 4.35. The third-order valence-corrected chi connectivity index (χ3v) is 7.91. The highest BCUT2D eigenvalue weighted by atomic mass is 16.7. The number of nitrogens with zero attached hydrogens (tertiary/aromatic N) is 2. The number of carbonyl (C=O) groups excluding carboxylic acids is 2. The van der Waals surface area contributed by atoms with E-state index in [2.05, 4.69) is 22.5 Å². The SMILES string of the molecule is COc1ccc(CN(C)C[C@@H]2Oc3ccc(NC(=O)Nc4ccc5c(c4)OCO5)cc3CC(=O)N([C@@H](C)CO)C[C@H]2C)cc1. The van der Waals surface area contributed by atoms with Gasteiger partial charge in [0, 0.05) is 48.6 Å². The fraction of sp³-hybridized carbons (Fsp3) is 0.394. The Balaban J connectivity index is 1.33. The number of amides is 3. The van der Waals surface area contributed by atoms with Crippen LogP contribution in [0.3, 0.4) is 0 Å². The molecule has 5 rings (SSSR count). The van der Waals surface area contributed by atoms with Crippen LogP contribution in [-0.2, 0) is 17.8 Å². The third kappa shape index (κ3) is 7.53. The molecule has 0 spiro atoms. The van der Waals surface area contributed by atoms with Gasteiger partial charge in [-0.05, 0) is 62.0 Å². The number of aliphatic hydroxyl groups is 1. The van der Waals surface area contributed by atoms with Crippen molar-refractivity contribution in [2.75, 3.05) is 51.3 Å². The van der Waals surface area contributed by atoms with E-state index >= 15 is 0 Å². The van der Waals surface area contributed by atoms with Crippen molar-refractivity contribution in [3.63, 3.8) is 0 Å². The van der Waals surface area contributed by atoms with E-state index in [4.69, 9.17) is 18.9 Å². The maximum absolute atomic E-state index is 13.5. The van der Waals surface area contributed by atoms with Gasteiger partial charge in [0.05, 0.1) is 26.2 Å². The second kappa shape index (κ2) is 13.9. The highest BCUT2D eigenvalue weighted by Crippen LogP contribution is 2.34. The first-order valence-corrected chi connectivity index (χ1v) is 14.7. The van der Waals surface area contributed by atoms with E-state index in [1.165, 1.54) is 0 Å². The zero-order chi connectivity index (χ0) is 31.2. The number of nitrogens with one attached hydrogen (secondary N) is 2. The fourth-order valence-electron chi connectivity index (χ4n) is 5.41. The summed E-state index contributed by atoms with van der Waals surface area (Å²) in [6.07, 6.45) is -0.176. The summed E-state index contributed by atoms with van der Waals surface area (Å²) >= 11 is 0. The molecule has 234 valence electrons. The van der Waals surface area contributed by atoms with Crippen molar-refractivity contribution >= 4 is 23.3 Å². The quantitative estimate of drug-likeness (QED) is 0.330. The monoisotopic (exact) mass is 604 g/mol. The molecule has 2 aliphatic rings. The molecule has 3 atom stereocenters. The van der Waals surface area contributed by atoms with Gasteiger partial charge in [0.1, 0.15) is 17.6 Å². The van der Waals surface area contributed by atoms with E-state index in [0.29, 0.717) is 53.8 Å². The largest absolute Gasteiger partial charge is 0.497 e. The van der Waals surface area contributed by atoms with Gasteiger partial charge >= 0.3 is 6.03 Å². The van der Waals surface area contributed by atoms with E-state index in [9.17, 15) is 14.7 Å². The molecular weight excluding hydrogens is 564 g/mol. The summed E-state index contributed by atoms with van der Waals surface area (Å²) in [5, 5.41) is 15.6. The molecule has 3 aromatic rings. The van der Waals surface area contributed by atoms with Gasteiger partial charge in [-0.2, -0.15) is 0 Å². The van der Waals surface area contributed by atoms with Crippen molar-refractivity contribution in [1.82, 2.24) is 9.80 Å². The van der Waals surface area contributed by atoms with Crippen LogP contribution in [0.2, 0.25) is 0 Å². The topological polar surface area (TPSA) is 122 Å². The highest BCUT2D eigenvalue weighted by molar-refractivity contribution is 6.00. The molecule has 11 heteroatoms. The molecule has 2 heterocycles. The molecular formula is C33H40N4O7. The Morgan fingerprint density at radius 3 is 2.43 bits per heavy atom. The zero-order valence-electron chi connectivity index (χ0n) is 25.5. The van der Waals surface area contributed by atoms with Crippen LogP contribution in [0.25, 0.3) is 0 Å². The maximum atomic E-state index is 13.5. The second-order valence-corrected chi connectivity index (χ2v) is 11.4. The van der Waals surface area contributed by atoms with Crippen LogP contribution in [-0.4, -0.2) is 79.6 Å². The summed E-state index contributed by atoms with van der Waals surface area (Å²) in [7, 11) is 3.69. The highest BCUT2D eigenvalue weighted by Gasteiger charge is 2.31. The van der Waals surface area contributed by atoms with Crippen LogP contribution in [0.4, 0.5) is 16.2 Å².